The lowest BCUT2D eigenvalue weighted by molar-refractivity contribution is -0.130. The zero-order chi connectivity index (χ0) is 36.4. The molecule has 268 valence electrons. The van der Waals surface area contributed by atoms with Crippen molar-refractivity contribution in [1.82, 2.24) is 10.9 Å². The van der Waals surface area contributed by atoms with Gasteiger partial charge in [-0.15, -0.1) is 0 Å². The van der Waals surface area contributed by atoms with Crippen LogP contribution >= 0.6 is 11.6 Å². The van der Waals surface area contributed by atoms with Crippen LogP contribution in [0.2, 0.25) is 5.02 Å². The lowest BCUT2D eigenvalue weighted by Crippen LogP contribution is -2.53. The Labute approximate surface area is 309 Å². The molecule has 0 radical (unpaired) electrons. The van der Waals surface area contributed by atoms with Crippen LogP contribution in [0.5, 0.6) is 5.75 Å². The van der Waals surface area contributed by atoms with E-state index in [2.05, 4.69) is 10.9 Å². The van der Waals surface area contributed by atoms with E-state index in [0.717, 1.165) is 16.7 Å². The Balaban J connectivity index is 1.35. The smallest absolute Gasteiger partial charge is 0.266 e. The van der Waals surface area contributed by atoms with E-state index in [1.54, 1.807) is 60.7 Å². The van der Waals surface area contributed by atoms with Crippen LogP contribution in [0.1, 0.15) is 35.6 Å². The maximum Gasteiger partial charge on any atom is 0.266 e. The maximum atomic E-state index is 14.5. The van der Waals surface area contributed by atoms with Gasteiger partial charge in [0, 0.05) is 36.6 Å². The summed E-state index contributed by atoms with van der Waals surface area (Å²) < 4.78 is 39.6. The molecule has 1 aliphatic rings. The Bertz CT molecular complexity index is 2080. The summed E-state index contributed by atoms with van der Waals surface area (Å²) in [6, 6.07) is 40.4. The first-order chi connectivity index (χ1) is 25.3. The van der Waals surface area contributed by atoms with Crippen molar-refractivity contribution in [3.8, 4) is 16.9 Å². The van der Waals surface area contributed by atoms with E-state index in [4.69, 9.17) is 31.2 Å². The molecule has 0 saturated heterocycles. The number of amides is 1. The summed E-state index contributed by atoms with van der Waals surface area (Å²) in [4.78, 5) is 19.6. The van der Waals surface area contributed by atoms with Gasteiger partial charge < -0.3 is 14.6 Å². The quantitative estimate of drug-likeness (QED) is 0.0756. The topological polar surface area (TPSA) is 126 Å². The first-order valence-electron chi connectivity index (χ1n) is 17.1. The molecule has 0 aliphatic carbocycles. The molecule has 3 N–H and O–H groups in total. The van der Waals surface area contributed by atoms with E-state index in [-0.39, 0.29) is 29.6 Å². The molecule has 5 aromatic carbocycles. The normalized spacial score (nSPS) is 16.9. The second-order valence-electron chi connectivity index (χ2n) is 12.4. The number of carbonyl (C=O) groups excluding carboxylic acids is 1. The highest BCUT2D eigenvalue weighted by molar-refractivity contribution is 7.91. The Morgan fingerprint density at radius 1 is 0.846 bits per heavy atom. The summed E-state index contributed by atoms with van der Waals surface area (Å²) in [7, 11) is -3.80. The zero-order valence-electron chi connectivity index (χ0n) is 28.5. The number of carbonyl (C=O) groups is 1. The molecular weight excluding hydrogens is 698 g/mol. The summed E-state index contributed by atoms with van der Waals surface area (Å²) in [6.45, 7) is 0.768. The minimum atomic E-state index is -3.80. The van der Waals surface area contributed by atoms with Crippen LogP contribution in [0.25, 0.3) is 11.1 Å². The number of aliphatic hydroxyl groups is 1. The van der Waals surface area contributed by atoms with Gasteiger partial charge in [-0.05, 0) is 77.2 Å². The lowest BCUT2D eigenvalue weighted by Gasteiger charge is -2.30. The number of halogens is 1. The zero-order valence-corrected chi connectivity index (χ0v) is 30.0. The molecule has 0 unspecified atom stereocenters. The van der Waals surface area contributed by atoms with Crippen molar-refractivity contribution in [2.45, 2.75) is 35.8 Å². The fourth-order valence-electron chi connectivity index (χ4n) is 6.04. The number of rotatable bonds is 16. The predicted molar refractivity (Wildman–Crippen MR) is 203 cm³/mol. The molecule has 0 spiro atoms. The first kappa shape index (κ1) is 36.8. The Kier molecular flexibility index (Phi) is 12.0. The van der Waals surface area contributed by atoms with E-state index < -0.39 is 27.4 Å². The van der Waals surface area contributed by atoms with Gasteiger partial charge in [-0.25, -0.2) is 18.8 Å². The molecular formula is C41H40ClN3O6S. The van der Waals surface area contributed by atoms with E-state index in [1.165, 1.54) is 0 Å². The number of ether oxygens (including phenoxy) is 2. The Morgan fingerprint density at radius 2 is 1.52 bits per heavy atom. The summed E-state index contributed by atoms with van der Waals surface area (Å²) in [6.07, 6.45) is -0.0474. The molecule has 9 nitrogen and oxygen atoms in total. The van der Waals surface area contributed by atoms with Crippen LogP contribution in [0.15, 0.2) is 143 Å². The minimum absolute atomic E-state index is 0.0239. The van der Waals surface area contributed by atoms with Crippen molar-refractivity contribution in [3.63, 3.8) is 0 Å². The van der Waals surface area contributed by atoms with Crippen LogP contribution in [0.3, 0.4) is 0 Å². The van der Waals surface area contributed by atoms with E-state index in [9.17, 15) is 13.2 Å². The highest BCUT2D eigenvalue weighted by Crippen LogP contribution is 2.43. The second-order valence-corrected chi connectivity index (χ2v) is 15.0. The minimum Gasteiger partial charge on any atom is -0.494 e. The summed E-state index contributed by atoms with van der Waals surface area (Å²) in [5.41, 5.74) is 8.42. The molecule has 0 aromatic heterocycles. The second kappa shape index (κ2) is 17.0. The number of hydrogen-bond donors (Lipinski definition) is 3. The maximum absolute atomic E-state index is 14.5. The molecule has 0 bridgehead atoms. The van der Waals surface area contributed by atoms with Crippen molar-refractivity contribution in [2.75, 3.05) is 25.5 Å². The van der Waals surface area contributed by atoms with Gasteiger partial charge in [0.2, 0.25) is 5.90 Å². The van der Waals surface area contributed by atoms with Gasteiger partial charge in [-0.1, -0.05) is 96.5 Å². The van der Waals surface area contributed by atoms with Crippen LogP contribution in [-0.4, -0.2) is 56.4 Å². The number of aliphatic hydroxyl groups excluding tert-OH is 1. The van der Waals surface area contributed by atoms with Gasteiger partial charge in [0.25, 0.3) is 5.91 Å². The summed E-state index contributed by atoms with van der Waals surface area (Å²) in [5.74, 6) is -0.0857. The van der Waals surface area contributed by atoms with Gasteiger partial charge in [-0.3, -0.25) is 10.2 Å². The average Bonchev–Trinajstić information content (AvgIpc) is 3.58. The molecule has 1 aliphatic heterocycles. The molecule has 1 heterocycles. The van der Waals surface area contributed by atoms with Gasteiger partial charge in [0.05, 0.1) is 17.3 Å². The third kappa shape index (κ3) is 8.89. The summed E-state index contributed by atoms with van der Waals surface area (Å²) >= 11 is 6.16. The van der Waals surface area contributed by atoms with Crippen molar-refractivity contribution < 1.29 is 27.8 Å². The molecule has 1 amide bonds. The highest BCUT2D eigenvalue weighted by Gasteiger charge is 2.53. The fraction of sp³-hybridized carbons (Fsp3) is 0.220. The van der Waals surface area contributed by atoms with Crippen LogP contribution in [0.4, 0.5) is 0 Å². The molecule has 52 heavy (non-hydrogen) atoms. The van der Waals surface area contributed by atoms with E-state index in [0.29, 0.717) is 47.9 Å². The van der Waals surface area contributed by atoms with Gasteiger partial charge in [0.15, 0.2) is 21.5 Å². The Hall–Kier alpha value is -5.00. The van der Waals surface area contributed by atoms with Crippen LogP contribution in [0, 0.1) is 0 Å². The average molecular weight is 738 g/mol. The predicted octanol–water partition coefficient (Wildman–Crippen LogP) is 6.75. The number of hydrazine groups is 1. The first-order valence-corrected chi connectivity index (χ1v) is 19.1. The van der Waals surface area contributed by atoms with E-state index in [1.807, 2.05) is 72.8 Å². The van der Waals surface area contributed by atoms with Crippen LogP contribution in [-0.2, 0) is 25.8 Å². The lowest BCUT2D eigenvalue weighted by atomic mass is 9.84. The summed E-state index contributed by atoms with van der Waals surface area (Å²) in [5, 5.41) is 9.74. The van der Waals surface area contributed by atoms with Crippen molar-refractivity contribution in [3.05, 3.63) is 155 Å². The van der Waals surface area contributed by atoms with Gasteiger partial charge >= 0.3 is 0 Å². The number of sulfone groups is 1. The highest BCUT2D eigenvalue weighted by atomic mass is 35.5. The molecule has 2 atom stereocenters. The molecule has 11 heteroatoms. The number of nitrogens with zero attached hydrogens (tertiary/aromatic N) is 1. The monoisotopic (exact) mass is 737 g/mol. The van der Waals surface area contributed by atoms with E-state index >= 15 is 0 Å². The van der Waals surface area contributed by atoms with Crippen LogP contribution < -0.4 is 15.6 Å². The van der Waals surface area contributed by atoms with Gasteiger partial charge in [-0.2, -0.15) is 0 Å². The molecule has 0 fully saturated rings. The fourth-order valence-corrected chi connectivity index (χ4v) is 7.64. The van der Waals surface area contributed by atoms with Gasteiger partial charge in [0.1, 0.15) is 5.75 Å². The third-order valence-electron chi connectivity index (χ3n) is 8.83. The molecule has 6 rings (SSSR count). The standard InChI is InChI=1S/C41H40ClN3O6S/c42-35-12-7-9-30(29-35)23-25-43-45-40(47)41(24-28-52(48,49)37-13-5-2-6-14-37)38(33-17-15-32(16-18-33)31-10-3-1-4-11-31)51-39(44-41)34-19-21-36(22-20-34)50-27-8-26-46/h1-7,9-22,29,38,43,46H,8,23-28H2,(H,45,47)/t38-,41-/m0/s1. The third-order valence-corrected chi connectivity index (χ3v) is 10.8. The SMILES string of the molecule is O=C(NNCCc1cccc(Cl)c1)[C@@]1(CCS(=O)(=O)c2ccccc2)N=C(c2ccc(OCCCO)cc2)O[C@H]1c1ccc(-c2ccccc2)cc1. The number of benzene rings is 5. The molecule has 5 aromatic rings. The van der Waals surface area contributed by atoms with Crippen molar-refractivity contribution >= 4 is 33.2 Å². The largest absolute Gasteiger partial charge is 0.494 e. The molecule has 0 saturated carbocycles. The Morgan fingerprint density at radius 3 is 2.21 bits per heavy atom. The van der Waals surface area contributed by atoms with Crippen molar-refractivity contribution in [2.24, 2.45) is 4.99 Å². The van der Waals surface area contributed by atoms with Crippen molar-refractivity contribution in [1.29, 1.82) is 0 Å². The number of hydrogen-bond acceptors (Lipinski definition) is 8. The number of nitrogens with one attached hydrogen (secondary N) is 2. The number of aliphatic imine (C=N–C) groups is 1.